The highest BCUT2D eigenvalue weighted by Crippen LogP contribution is 2.37. The third kappa shape index (κ3) is 2.87. The van der Waals surface area contributed by atoms with Gasteiger partial charge < -0.3 is 10.6 Å². The normalized spacial score (nSPS) is 14.9. The smallest absolute Gasteiger partial charge is 0.274 e. The third-order valence-electron chi connectivity index (χ3n) is 4.39. The summed E-state index contributed by atoms with van der Waals surface area (Å²) in [6.07, 6.45) is -0.204. The molecular weight excluding hydrogens is 333 g/mol. The van der Waals surface area contributed by atoms with E-state index in [1.165, 1.54) is 6.07 Å². The first-order valence-corrected chi connectivity index (χ1v) is 8.12. The lowest BCUT2D eigenvalue weighted by Crippen LogP contribution is -2.18. The summed E-state index contributed by atoms with van der Waals surface area (Å²) in [5.74, 6) is -0.834. The second kappa shape index (κ2) is 6.50. The molecule has 0 saturated heterocycles. The van der Waals surface area contributed by atoms with Gasteiger partial charge in [-0.05, 0) is 41.5 Å². The minimum Gasteiger partial charge on any atom is -0.360 e. The van der Waals surface area contributed by atoms with Gasteiger partial charge in [0.25, 0.3) is 5.91 Å². The number of carbonyl (C=O) groups is 1. The Kier molecular flexibility index (Phi) is 4.02. The van der Waals surface area contributed by atoms with Crippen LogP contribution in [0, 0.1) is 5.82 Å². The first-order chi connectivity index (χ1) is 12.7. The zero-order valence-electron chi connectivity index (χ0n) is 13.7. The Labute approximate surface area is 149 Å². The van der Waals surface area contributed by atoms with Gasteiger partial charge >= 0.3 is 0 Å². The van der Waals surface area contributed by atoms with E-state index < -0.39 is 5.91 Å². The minimum atomic E-state index is -0.570. The van der Waals surface area contributed by atoms with Crippen molar-refractivity contribution in [2.24, 2.45) is 0 Å². The number of fused-ring (bicyclic) bond motifs is 1. The van der Waals surface area contributed by atoms with Crippen molar-refractivity contribution in [3.8, 4) is 11.1 Å². The molecule has 0 fully saturated rings. The van der Waals surface area contributed by atoms with Crippen LogP contribution in [0.25, 0.3) is 11.1 Å². The highest BCUT2D eigenvalue weighted by Gasteiger charge is 2.22. The van der Waals surface area contributed by atoms with Gasteiger partial charge in [-0.2, -0.15) is 0 Å². The van der Waals surface area contributed by atoms with Crippen LogP contribution >= 0.6 is 0 Å². The van der Waals surface area contributed by atoms with Crippen molar-refractivity contribution in [2.45, 2.75) is 6.17 Å². The van der Waals surface area contributed by atoms with E-state index in [2.05, 4.69) is 10.6 Å². The maximum Gasteiger partial charge on any atom is 0.274 e. The number of rotatable bonds is 3. The predicted molar refractivity (Wildman–Crippen MR) is 97.5 cm³/mol. The Morgan fingerprint density at radius 2 is 1.77 bits per heavy atom. The van der Waals surface area contributed by atoms with Gasteiger partial charge in [-0.25, -0.2) is 9.87 Å². The highest BCUT2D eigenvalue weighted by atomic mass is 19.1. The monoisotopic (exact) mass is 349 g/mol. The van der Waals surface area contributed by atoms with E-state index in [-0.39, 0.29) is 12.0 Å². The van der Waals surface area contributed by atoms with E-state index in [1.54, 1.807) is 41.9 Å². The van der Waals surface area contributed by atoms with Gasteiger partial charge in [0.15, 0.2) is 0 Å². The summed E-state index contributed by atoms with van der Waals surface area (Å²) in [7, 11) is 0. The standard InChI is InChI=1S/C20H16FN3O2/c21-16-7-2-1-6-15(16)12-4-3-5-13(10-12)19-22-17-9-8-14(20(25)24-26)11-18(17)23-19/h1-11,19,22-23,26H,(H,24,25). The molecule has 1 amide bonds. The molecule has 5 nitrogen and oxygen atoms in total. The fourth-order valence-corrected chi connectivity index (χ4v) is 3.09. The molecule has 3 aromatic carbocycles. The van der Waals surface area contributed by atoms with Gasteiger partial charge in [0, 0.05) is 11.1 Å². The fourth-order valence-electron chi connectivity index (χ4n) is 3.09. The summed E-state index contributed by atoms with van der Waals surface area (Å²) in [5.41, 5.74) is 5.86. The zero-order chi connectivity index (χ0) is 18.1. The third-order valence-corrected chi connectivity index (χ3v) is 4.39. The number of benzene rings is 3. The van der Waals surface area contributed by atoms with E-state index in [0.717, 1.165) is 22.5 Å². The fraction of sp³-hybridized carbons (Fsp3) is 0.0500. The summed E-state index contributed by atoms with van der Waals surface area (Å²) >= 11 is 0. The Hall–Kier alpha value is -3.38. The maximum absolute atomic E-state index is 14.1. The molecule has 1 aliphatic heterocycles. The van der Waals surface area contributed by atoms with E-state index in [1.807, 2.05) is 24.3 Å². The molecule has 26 heavy (non-hydrogen) atoms. The average molecular weight is 349 g/mol. The number of hydrogen-bond acceptors (Lipinski definition) is 4. The molecule has 0 aliphatic carbocycles. The first-order valence-electron chi connectivity index (χ1n) is 8.12. The van der Waals surface area contributed by atoms with Gasteiger partial charge in [-0.3, -0.25) is 10.0 Å². The average Bonchev–Trinajstić information content (AvgIpc) is 3.11. The van der Waals surface area contributed by atoms with Crippen LogP contribution in [0.2, 0.25) is 0 Å². The Morgan fingerprint density at radius 1 is 0.962 bits per heavy atom. The highest BCUT2D eigenvalue weighted by molar-refractivity contribution is 5.96. The van der Waals surface area contributed by atoms with E-state index in [0.29, 0.717) is 11.1 Å². The maximum atomic E-state index is 14.1. The second-order valence-electron chi connectivity index (χ2n) is 6.03. The van der Waals surface area contributed by atoms with E-state index >= 15 is 0 Å². The molecule has 1 aliphatic rings. The first kappa shape index (κ1) is 16.1. The van der Waals surface area contributed by atoms with Gasteiger partial charge in [0.2, 0.25) is 0 Å². The van der Waals surface area contributed by atoms with Gasteiger partial charge in [0.05, 0.1) is 11.4 Å². The van der Waals surface area contributed by atoms with Crippen LogP contribution in [0.15, 0.2) is 66.7 Å². The number of hydroxylamine groups is 1. The van der Waals surface area contributed by atoms with Crippen molar-refractivity contribution in [1.82, 2.24) is 5.48 Å². The Bertz CT molecular complexity index is 990. The molecule has 4 rings (SSSR count). The topological polar surface area (TPSA) is 73.4 Å². The van der Waals surface area contributed by atoms with Crippen LogP contribution in [-0.4, -0.2) is 11.1 Å². The number of carbonyl (C=O) groups excluding carboxylic acids is 1. The predicted octanol–water partition coefficient (Wildman–Crippen LogP) is 4.15. The molecule has 1 unspecified atom stereocenters. The summed E-state index contributed by atoms with van der Waals surface area (Å²) < 4.78 is 14.1. The molecular formula is C20H16FN3O2. The van der Waals surface area contributed by atoms with Crippen molar-refractivity contribution in [2.75, 3.05) is 10.6 Å². The number of nitrogens with one attached hydrogen (secondary N) is 3. The number of amides is 1. The van der Waals surface area contributed by atoms with Crippen molar-refractivity contribution in [3.05, 3.63) is 83.7 Å². The van der Waals surface area contributed by atoms with Crippen LogP contribution in [0.5, 0.6) is 0 Å². The number of anilines is 2. The van der Waals surface area contributed by atoms with E-state index in [4.69, 9.17) is 5.21 Å². The van der Waals surface area contributed by atoms with Crippen molar-refractivity contribution in [3.63, 3.8) is 0 Å². The molecule has 0 saturated carbocycles. The summed E-state index contributed by atoms with van der Waals surface area (Å²) in [4.78, 5) is 11.6. The lowest BCUT2D eigenvalue weighted by atomic mass is 10.0. The second-order valence-corrected chi connectivity index (χ2v) is 6.03. The zero-order valence-corrected chi connectivity index (χ0v) is 13.7. The Morgan fingerprint density at radius 3 is 2.58 bits per heavy atom. The molecule has 6 heteroatoms. The van der Waals surface area contributed by atoms with Gasteiger partial charge in [0.1, 0.15) is 12.0 Å². The van der Waals surface area contributed by atoms with Gasteiger partial charge in [-0.15, -0.1) is 0 Å². The van der Waals surface area contributed by atoms with Crippen molar-refractivity contribution < 1.29 is 14.4 Å². The van der Waals surface area contributed by atoms with Crippen LogP contribution in [0.3, 0.4) is 0 Å². The molecule has 1 atom stereocenters. The summed E-state index contributed by atoms with van der Waals surface area (Å²) in [5, 5.41) is 15.4. The molecule has 1 heterocycles. The van der Waals surface area contributed by atoms with Crippen molar-refractivity contribution in [1.29, 1.82) is 0 Å². The summed E-state index contributed by atoms with van der Waals surface area (Å²) in [6.45, 7) is 0. The van der Waals surface area contributed by atoms with Crippen LogP contribution < -0.4 is 16.1 Å². The molecule has 0 aromatic heterocycles. The quantitative estimate of drug-likeness (QED) is 0.423. The largest absolute Gasteiger partial charge is 0.360 e. The molecule has 0 spiro atoms. The molecule has 4 N–H and O–H groups in total. The molecule has 0 bridgehead atoms. The van der Waals surface area contributed by atoms with Crippen LogP contribution in [0.4, 0.5) is 15.8 Å². The molecule has 3 aromatic rings. The van der Waals surface area contributed by atoms with Crippen LogP contribution in [-0.2, 0) is 0 Å². The SMILES string of the molecule is O=C(NO)c1ccc2c(c1)NC(c1cccc(-c3ccccc3F)c1)N2. The van der Waals surface area contributed by atoms with Gasteiger partial charge in [-0.1, -0.05) is 36.4 Å². The Balaban J connectivity index is 1.62. The lowest BCUT2D eigenvalue weighted by Gasteiger charge is -2.14. The van der Waals surface area contributed by atoms with Crippen LogP contribution in [0.1, 0.15) is 22.1 Å². The van der Waals surface area contributed by atoms with E-state index in [9.17, 15) is 9.18 Å². The van der Waals surface area contributed by atoms with Crippen molar-refractivity contribution >= 4 is 17.3 Å². The minimum absolute atomic E-state index is 0.204. The lowest BCUT2D eigenvalue weighted by molar-refractivity contribution is 0.0706. The number of hydrogen-bond donors (Lipinski definition) is 4. The summed E-state index contributed by atoms with van der Waals surface area (Å²) in [6, 6.07) is 19.3. The molecule has 130 valence electrons. The molecule has 0 radical (unpaired) electrons. The number of halogens is 1.